The summed E-state index contributed by atoms with van der Waals surface area (Å²) in [5.41, 5.74) is 0. The zero-order valence-corrected chi connectivity index (χ0v) is 6.93. The molecule has 0 aliphatic carbocycles. The Morgan fingerprint density at radius 2 is 2.20 bits per heavy atom. The van der Waals surface area contributed by atoms with Gasteiger partial charge in [-0.25, -0.2) is 15.9 Å². The average molecular weight is 167 g/mol. The van der Waals surface area contributed by atoms with E-state index in [-0.39, 0.29) is 17.6 Å². The number of nitrogens with one attached hydrogen (secondary N) is 1. The molecule has 1 unspecified atom stereocenters. The molecule has 0 heterocycles. The highest BCUT2D eigenvalue weighted by Crippen LogP contribution is 2.04. The van der Waals surface area contributed by atoms with Crippen molar-refractivity contribution in [1.82, 2.24) is 4.72 Å². The van der Waals surface area contributed by atoms with Gasteiger partial charge < -0.3 is 10.2 Å². The highest BCUT2D eigenvalue weighted by Gasteiger charge is 2.11. The predicted octanol–water partition coefficient (Wildman–Crippen LogP) is -0.803. The Kier molecular flexibility index (Phi) is 4.42. The fourth-order valence-corrected chi connectivity index (χ4v) is 0.894. The summed E-state index contributed by atoms with van der Waals surface area (Å²) in [6, 6.07) is 0. The van der Waals surface area contributed by atoms with E-state index in [0.29, 0.717) is 0 Å². The Labute approximate surface area is 62.7 Å². The van der Waals surface area contributed by atoms with Gasteiger partial charge >= 0.3 is 5.97 Å². The number of aliphatic carboxylic acids is 1. The first kappa shape index (κ1) is 9.74. The lowest BCUT2D eigenvalue weighted by Gasteiger charge is -2.12. The minimum Gasteiger partial charge on any atom is -0.479 e. The second kappa shape index (κ2) is 4.54. The third-order valence-electron chi connectivity index (χ3n) is 0.886. The molecule has 0 fully saturated rings. The maximum atomic E-state index is 10.0. The minimum absolute atomic E-state index is 0.133. The highest BCUT2D eigenvalue weighted by atomic mass is 32.2. The third-order valence-corrected chi connectivity index (χ3v) is 1.70. The molecule has 5 heteroatoms. The number of hydrogen-bond donors (Lipinski definition) is 4. The smallest absolute Gasteiger partial charge is 0.333 e. The molecule has 0 aliphatic rings. The van der Waals surface area contributed by atoms with Gasteiger partial charge in [0.25, 0.3) is 0 Å². The van der Waals surface area contributed by atoms with E-state index in [1.165, 1.54) is 0 Å². The van der Waals surface area contributed by atoms with Gasteiger partial charge in [-0.2, -0.15) is 0 Å². The average Bonchev–Trinajstić information content (AvgIpc) is 1.82. The van der Waals surface area contributed by atoms with Gasteiger partial charge in [0.15, 0.2) is 6.10 Å². The minimum atomic E-state index is -1.27. The van der Waals surface area contributed by atoms with Crippen LogP contribution < -0.4 is 4.72 Å². The summed E-state index contributed by atoms with van der Waals surface area (Å²) in [5, 5.41) is 16.9. The van der Waals surface area contributed by atoms with Crippen LogP contribution in [0.1, 0.15) is 0 Å². The monoisotopic (exact) mass is 167 g/mol. The fourth-order valence-electron chi connectivity index (χ4n) is 0.356. The lowest BCUT2D eigenvalue weighted by molar-refractivity contribution is -0.146. The van der Waals surface area contributed by atoms with E-state index in [2.05, 4.69) is 4.72 Å². The molecule has 0 saturated heterocycles. The van der Waals surface area contributed by atoms with E-state index in [1.807, 2.05) is 12.5 Å². The van der Waals surface area contributed by atoms with Gasteiger partial charge in [-0.3, -0.25) is 4.72 Å². The van der Waals surface area contributed by atoms with Crippen molar-refractivity contribution in [3.8, 4) is 0 Å². The summed E-state index contributed by atoms with van der Waals surface area (Å²) in [5.74, 6) is -1.18. The van der Waals surface area contributed by atoms with Crippen LogP contribution in [0.25, 0.3) is 0 Å². The van der Waals surface area contributed by atoms with E-state index in [9.17, 15) is 4.79 Å². The molecule has 1 atom stereocenters. The van der Waals surface area contributed by atoms with E-state index < -0.39 is 12.1 Å². The topological polar surface area (TPSA) is 69.6 Å². The molecule has 0 aliphatic heterocycles. The van der Waals surface area contributed by atoms with Gasteiger partial charge in [0, 0.05) is 6.54 Å². The molecule has 3 N–H and O–H groups in total. The first-order valence-electron chi connectivity index (χ1n) is 2.85. The van der Waals surface area contributed by atoms with E-state index in [0.717, 1.165) is 0 Å². The Hall–Kier alpha value is -0.260. The number of rotatable bonds is 4. The van der Waals surface area contributed by atoms with Crippen molar-refractivity contribution >= 4 is 17.1 Å². The molecular formula is C5H13NO3S. The van der Waals surface area contributed by atoms with Crippen LogP contribution in [0.3, 0.4) is 0 Å². The van der Waals surface area contributed by atoms with Crippen LogP contribution in [0.4, 0.5) is 0 Å². The summed E-state index contributed by atoms with van der Waals surface area (Å²) < 4.78 is 2.86. The fraction of sp³-hybridized carbons (Fsp3) is 0.800. The summed E-state index contributed by atoms with van der Waals surface area (Å²) in [7, 11) is 0. The summed E-state index contributed by atoms with van der Waals surface area (Å²) in [4.78, 5) is 10.0. The van der Waals surface area contributed by atoms with E-state index in [1.54, 1.807) is 0 Å². The van der Waals surface area contributed by atoms with Gasteiger partial charge in [0.2, 0.25) is 0 Å². The molecule has 62 valence electrons. The largest absolute Gasteiger partial charge is 0.479 e. The summed E-state index contributed by atoms with van der Waals surface area (Å²) in [6.07, 6.45) is 2.62. The number of aliphatic hydroxyl groups excluding tert-OH is 1. The molecule has 0 saturated carbocycles. The molecule has 0 aromatic carbocycles. The van der Waals surface area contributed by atoms with Crippen LogP contribution in [-0.2, 0) is 4.79 Å². The van der Waals surface area contributed by atoms with Gasteiger partial charge in [-0.05, 0) is 12.5 Å². The van der Waals surface area contributed by atoms with Crippen LogP contribution in [-0.4, -0.2) is 41.3 Å². The quantitative estimate of drug-likeness (QED) is 0.414. The second-order valence-corrected chi connectivity index (χ2v) is 4.22. The van der Waals surface area contributed by atoms with Crippen LogP contribution in [0.5, 0.6) is 0 Å². The third kappa shape index (κ3) is 4.60. The van der Waals surface area contributed by atoms with Crippen molar-refractivity contribution in [2.24, 2.45) is 0 Å². The zero-order valence-electron chi connectivity index (χ0n) is 6.03. The van der Waals surface area contributed by atoms with Crippen molar-refractivity contribution in [1.29, 1.82) is 0 Å². The van der Waals surface area contributed by atoms with Gasteiger partial charge in [-0.15, -0.1) is 0 Å². The zero-order chi connectivity index (χ0) is 8.15. The van der Waals surface area contributed by atoms with Gasteiger partial charge in [-0.1, -0.05) is 0 Å². The number of carboxylic acid groups (broad SMARTS) is 1. The molecule has 0 amide bonds. The van der Waals surface area contributed by atoms with Crippen molar-refractivity contribution in [2.45, 2.75) is 6.10 Å². The molecule has 0 aromatic heterocycles. The number of carbonyl (C=O) groups is 1. The first-order chi connectivity index (χ1) is 4.54. The molecular weight excluding hydrogens is 154 g/mol. The number of carboxylic acids is 1. The maximum absolute atomic E-state index is 10.0. The van der Waals surface area contributed by atoms with Gasteiger partial charge in [0.05, 0.1) is 0 Å². The molecule has 0 radical (unpaired) electrons. The summed E-state index contributed by atoms with van der Waals surface area (Å²) in [6.45, 7) is 0.133. The molecule has 4 nitrogen and oxygen atoms in total. The lowest BCUT2D eigenvalue weighted by atomic mass is 10.4. The number of hydrogen-bond acceptors (Lipinski definition) is 3. The molecule has 10 heavy (non-hydrogen) atoms. The molecule has 0 rings (SSSR count). The van der Waals surface area contributed by atoms with Crippen LogP contribution in [0, 0.1) is 0 Å². The Morgan fingerprint density at radius 3 is 2.50 bits per heavy atom. The van der Waals surface area contributed by atoms with Crippen LogP contribution in [0.15, 0.2) is 0 Å². The van der Waals surface area contributed by atoms with Crippen molar-refractivity contribution in [2.75, 3.05) is 19.1 Å². The molecule has 0 spiro atoms. The highest BCUT2D eigenvalue weighted by molar-refractivity contribution is 8.14. The van der Waals surface area contributed by atoms with Crippen molar-refractivity contribution in [3.05, 3.63) is 0 Å². The van der Waals surface area contributed by atoms with Crippen molar-refractivity contribution < 1.29 is 15.0 Å². The predicted molar refractivity (Wildman–Crippen MR) is 42.5 cm³/mol. The standard InChI is InChI=1S/C5H13NO3S/c1-10(2)6-3-4(7)5(8)9/h4,6-7,10H,3H2,1-2H3,(H,8,9). The second-order valence-electron chi connectivity index (χ2n) is 2.11. The molecule has 0 aromatic rings. The lowest BCUT2D eigenvalue weighted by Crippen LogP contribution is -2.31. The molecule has 0 bridgehead atoms. The number of aliphatic hydroxyl groups is 1. The van der Waals surface area contributed by atoms with E-state index in [4.69, 9.17) is 10.2 Å². The van der Waals surface area contributed by atoms with Crippen LogP contribution >= 0.6 is 11.1 Å². The van der Waals surface area contributed by atoms with Gasteiger partial charge in [0.1, 0.15) is 0 Å². The van der Waals surface area contributed by atoms with E-state index >= 15 is 0 Å². The van der Waals surface area contributed by atoms with Crippen molar-refractivity contribution in [3.63, 3.8) is 0 Å². The SMILES string of the molecule is C[SH](C)NCC(O)C(=O)O. The maximum Gasteiger partial charge on any atom is 0.333 e. The summed E-state index contributed by atoms with van der Waals surface area (Å²) >= 11 is -0.331. The Bertz CT molecular complexity index is 117. The Balaban J connectivity index is 3.40. The Morgan fingerprint density at radius 1 is 1.70 bits per heavy atom. The first-order valence-corrected chi connectivity index (χ1v) is 5.09. The normalized spacial score (nSPS) is 14.5. The van der Waals surface area contributed by atoms with Crippen LogP contribution in [0.2, 0.25) is 0 Å². The number of thiol groups is 1.